The Morgan fingerprint density at radius 1 is 0.774 bits per heavy atom. The lowest BCUT2D eigenvalue weighted by molar-refractivity contribution is -0.122. The number of aryl methyl sites for hydroxylation is 1. The third-order valence-electron chi connectivity index (χ3n) is 6.99. The average molecular weight is 513 g/mol. The Morgan fingerprint density at radius 3 is 1.58 bits per heavy atom. The first-order valence-corrected chi connectivity index (χ1v) is 11.6. The van der Waals surface area contributed by atoms with Gasteiger partial charge in [-0.1, -0.05) is 64.5 Å². The number of carbonyl (C=O) groups excluding carboxylic acids is 2. The van der Waals surface area contributed by atoms with Crippen molar-refractivity contribution >= 4 is 56.6 Å². The summed E-state index contributed by atoms with van der Waals surface area (Å²) >= 11 is 18.3. The SMILES string of the molecule is Cc1cc(Br)ccc1N1C(=O)[C@H]2[C@H](C1=O)C1(Cl)c3ccccc3C2(Cl)c2ccccc21. The Hall–Kier alpha value is -2.14. The predicted molar refractivity (Wildman–Crippen MR) is 125 cm³/mol. The zero-order valence-corrected chi connectivity index (χ0v) is 19.5. The molecule has 0 N–H and O–H groups in total. The summed E-state index contributed by atoms with van der Waals surface area (Å²) in [5.74, 6) is -2.17. The monoisotopic (exact) mass is 511 g/mol. The summed E-state index contributed by atoms with van der Waals surface area (Å²) in [6, 6.07) is 20.8. The van der Waals surface area contributed by atoms with E-state index >= 15 is 0 Å². The standard InChI is InChI=1S/C25H16BrCl2NO2/c1-13-12-14(26)10-11-19(13)29-22(30)20-21(23(29)31)25(28)16-7-3-2-6-15(16)24(20,27)17-8-4-5-9-18(17)25/h2-12,20-21H,1H3/t20-,21-,24?,25?/m1/s1. The van der Waals surface area contributed by atoms with Gasteiger partial charge in [0, 0.05) is 4.47 Å². The van der Waals surface area contributed by atoms with Crippen molar-refractivity contribution in [2.24, 2.45) is 11.8 Å². The first kappa shape index (κ1) is 19.5. The first-order chi connectivity index (χ1) is 14.8. The highest BCUT2D eigenvalue weighted by molar-refractivity contribution is 9.10. The maximum atomic E-state index is 13.9. The molecule has 0 radical (unpaired) electrons. The maximum absolute atomic E-state index is 13.9. The van der Waals surface area contributed by atoms with Crippen LogP contribution in [-0.4, -0.2) is 11.8 Å². The minimum atomic E-state index is -1.15. The quantitative estimate of drug-likeness (QED) is 0.302. The molecule has 1 saturated heterocycles. The van der Waals surface area contributed by atoms with Crippen molar-refractivity contribution in [2.75, 3.05) is 4.90 Å². The molecule has 0 spiro atoms. The number of imide groups is 1. The smallest absolute Gasteiger partial charge is 0.240 e. The number of benzene rings is 3. The molecular weight excluding hydrogens is 497 g/mol. The van der Waals surface area contributed by atoms with Gasteiger partial charge in [-0.3, -0.25) is 9.59 Å². The van der Waals surface area contributed by atoms with E-state index < -0.39 is 21.6 Å². The van der Waals surface area contributed by atoms with Crippen LogP contribution < -0.4 is 4.90 Å². The van der Waals surface area contributed by atoms with E-state index in [1.807, 2.05) is 67.6 Å². The summed E-state index contributed by atoms with van der Waals surface area (Å²) in [6.07, 6.45) is 0. The van der Waals surface area contributed by atoms with Crippen LogP contribution >= 0.6 is 39.1 Å². The Bertz CT molecular complexity index is 1200. The van der Waals surface area contributed by atoms with Gasteiger partial charge in [0.05, 0.1) is 17.5 Å². The number of hydrogen-bond acceptors (Lipinski definition) is 2. The van der Waals surface area contributed by atoms with Crippen LogP contribution in [0.1, 0.15) is 27.8 Å². The highest BCUT2D eigenvalue weighted by Gasteiger charge is 2.73. The predicted octanol–water partition coefficient (Wildman–Crippen LogP) is 5.86. The number of amides is 2. The lowest BCUT2D eigenvalue weighted by atomic mass is 9.54. The fourth-order valence-electron chi connectivity index (χ4n) is 5.77. The average Bonchev–Trinajstić information content (AvgIpc) is 3.04. The Balaban J connectivity index is 1.66. The van der Waals surface area contributed by atoms with Gasteiger partial charge in [0.15, 0.2) is 0 Å². The number of carbonyl (C=O) groups is 2. The van der Waals surface area contributed by atoms with Crippen LogP contribution in [0.4, 0.5) is 5.69 Å². The molecule has 3 nitrogen and oxygen atoms in total. The zero-order chi connectivity index (χ0) is 21.7. The lowest BCUT2D eigenvalue weighted by Gasteiger charge is -2.54. The van der Waals surface area contributed by atoms with Crippen LogP contribution in [0.5, 0.6) is 0 Å². The highest BCUT2D eigenvalue weighted by atomic mass is 79.9. The van der Waals surface area contributed by atoms with E-state index in [0.29, 0.717) is 5.69 Å². The number of nitrogens with zero attached hydrogens (tertiary/aromatic N) is 1. The van der Waals surface area contributed by atoms with Crippen molar-refractivity contribution in [3.8, 4) is 0 Å². The van der Waals surface area contributed by atoms with Crippen LogP contribution in [0.3, 0.4) is 0 Å². The second-order valence-electron chi connectivity index (χ2n) is 8.41. The number of hydrogen-bond donors (Lipinski definition) is 0. The third kappa shape index (κ3) is 2.16. The number of halogens is 3. The van der Waals surface area contributed by atoms with Crippen molar-refractivity contribution in [3.05, 3.63) is 99.0 Å². The Labute approximate surface area is 198 Å². The van der Waals surface area contributed by atoms with Gasteiger partial charge >= 0.3 is 0 Å². The van der Waals surface area contributed by atoms with Crippen molar-refractivity contribution < 1.29 is 9.59 Å². The van der Waals surface area contributed by atoms with E-state index in [1.165, 1.54) is 4.90 Å². The number of anilines is 1. The summed E-state index contributed by atoms with van der Waals surface area (Å²) in [5, 5.41) is 0. The van der Waals surface area contributed by atoms with E-state index in [1.54, 1.807) is 6.07 Å². The second kappa shape index (κ2) is 6.22. The zero-order valence-electron chi connectivity index (χ0n) is 16.4. The summed E-state index contributed by atoms with van der Waals surface area (Å²) in [5.41, 5.74) is 4.62. The summed E-state index contributed by atoms with van der Waals surface area (Å²) in [7, 11) is 0. The lowest BCUT2D eigenvalue weighted by Crippen LogP contribution is -2.57. The molecule has 1 fully saturated rings. The molecule has 3 aromatic rings. The van der Waals surface area contributed by atoms with Gasteiger partial charge in [-0.15, -0.1) is 23.2 Å². The molecule has 154 valence electrons. The number of rotatable bonds is 1. The van der Waals surface area contributed by atoms with Crippen molar-refractivity contribution in [1.29, 1.82) is 0 Å². The molecule has 31 heavy (non-hydrogen) atoms. The van der Waals surface area contributed by atoms with Gasteiger partial charge in [-0.2, -0.15) is 0 Å². The highest BCUT2D eigenvalue weighted by Crippen LogP contribution is 2.69. The molecule has 3 aromatic carbocycles. The molecule has 7 rings (SSSR count). The molecule has 0 aromatic heterocycles. The molecular formula is C25H16BrCl2NO2. The van der Waals surface area contributed by atoms with Gasteiger partial charge in [0.1, 0.15) is 9.75 Å². The second-order valence-corrected chi connectivity index (χ2v) is 10.5. The summed E-state index contributed by atoms with van der Waals surface area (Å²) < 4.78 is 0.882. The van der Waals surface area contributed by atoms with Gasteiger partial charge in [0.2, 0.25) is 11.8 Å². The molecule has 2 atom stereocenters. The van der Waals surface area contributed by atoms with Crippen molar-refractivity contribution in [3.63, 3.8) is 0 Å². The van der Waals surface area contributed by atoms with Crippen LogP contribution in [0, 0.1) is 18.8 Å². The molecule has 1 heterocycles. The van der Waals surface area contributed by atoms with E-state index in [9.17, 15) is 9.59 Å². The molecule has 3 aliphatic carbocycles. The van der Waals surface area contributed by atoms with E-state index in [-0.39, 0.29) is 11.8 Å². The van der Waals surface area contributed by atoms with Crippen LogP contribution in [0.2, 0.25) is 0 Å². The van der Waals surface area contributed by atoms with Crippen LogP contribution in [0.25, 0.3) is 0 Å². The minimum absolute atomic E-state index is 0.301. The molecule has 2 amide bonds. The van der Waals surface area contributed by atoms with Crippen LogP contribution in [0.15, 0.2) is 71.2 Å². The minimum Gasteiger partial charge on any atom is -0.274 e. The molecule has 6 heteroatoms. The van der Waals surface area contributed by atoms with Gasteiger partial charge in [-0.05, 0) is 52.9 Å². The third-order valence-corrected chi connectivity index (χ3v) is 8.76. The van der Waals surface area contributed by atoms with E-state index in [4.69, 9.17) is 23.2 Å². The Morgan fingerprint density at radius 2 is 1.19 bits per heavy atom. The van der Waals surface area contributed by atoms with Crippen LogP contribution in [-0.2, 0) is 19.3 Å². The molecule has 0 saturated carbocycles. The molecule has 1 aliphatic heterocycles. The fraction of sp³-hybridized carbons (Fsp3) is 0.200. The normalized spacial score (nSPS) is 30.3. The van der Waals surface area contributed by atoms with Crippen molar-refractivity contribution in [2.45, 2.75) is 16.7 Å². The maximum Gasteiger partial charge on any atom is 0.240 e. The summed E-state index contributed by atoms with van der Waals surface area (Å²) in [4.78, 5) is 26.8. The van der Waals surface area contributed by atoms with Gasteiger partial charge < -0.3 is 0 Å². The molecule has 4 aliphatic rings. The molecule has 2 bridgehead atoms. The topological polar surface area (TPSA) is 37.4 Å². The van der Waals surface area contributed by atoms with E-state index in [2.05, 4.69) is 15.9 Å². The number of alkyl halides is 2. The summed E-state index contributed by atoms with van der Waals surface area (Å²) in [6.45, 7) is 1.88. The van der Waals surface area contributed by atoms with Crippen molar-refractivity contribution in [1.82, 2.24) is 0 Å². The first-order valence-electron chi connectivity index (χ1n) is 10.0. The fourth-order valence-corrected chi connectivity index (χ4v) is 7.35. The van der Waals surface area contributed by atoms with Gasteiger partial charge in [0.25, 0.3) is 0 Å². The molecule has 0 unspecified atom stereocenters. The Kier molecular flexibility index (Phi) is 3.92. The van der Waals surface area contributed by atoms with Gasteiger partial charge in [-0.25, -0.2) is 4.90 Å². The van der Waals surface area contributed by atoms with E-state index in [0.717, 1.165) is 32.3 Å². The largest absolute Gasteiger partial charge is 0.274 e.